The minimum Gasteiger partial charge on any atom is -0.405 e. The second kappa shape index (κ2) is 13.7. The fraction of sp³-hybridized carbons (Fsp3) is 0.419. The van der Waals surface area contributed by atoms with Crippen LogP contribution in [0.1, 0.15) is 59.3 Å². The fourth-order valence-corrected chi connectivity index (χ4v) is 4.22. The largest absolute Gasteiger partial charge is 0.405 e. The minimum absolute atomic E-state index is 0.406. The van der Waals surface area contributed by atoms with E-state index >= 15 is 0 Å². The molecular formula is C31H44N2. The summed E-state index contributed by atoms with van der Waals surface area (Å²) in [6.07, 6.45) is 27.8. The van der Waals surface area contributed by atoms with Gasteiger partial charge in [0, 0.05) is 12.2 Å². The van der Waals surface area contributed by atoms with E-state index < -0.39 is 0 Å². The molecule has 0 aromatic rings. The maximum Gasteiger partial charge on any atom is 0.0539 e. The Morgan fingerprint density at radius 3 is 2.36 bits per heavy atom. The van der Waals surface area contributed by atoms with Crippen molar-refractivity contribution < 1.29 is 0 Å². The molecule has 1 saturated heterocycles. The van der Waals surface area contributed by atoms with Crippen LogP contribution in [0.2, 0.25) is 0 Å². The van der Waals surface area contributed by atoms with E-state index in [1.165, 1.54) is 48.9 Å². The first-order valence-electron chi connectivity index (χ1n) is 12.5. The molecule has 178 valence electrons. The molecule has 2 nitrogen and oxygen atoms in total. The first kappa shape index (κ1) is 26.5. The Hall–Kier alpha value is -2.74. The smallest absolute Gasteiger partial charge is 0.0539 e. The molecule has 0 radical (unpaired) electrons. The van der Waals surface area contributed by atoms with E-state index in [0.717, 1.165) is 24.1 Å². The Balaban J connectivity index is 2.12. The molecule has 1 unspecified atom stereocenters. The van der Waals surface area contributed by atoms with Crippen LogP contribution in [0, 0.1) is 11.8 Å². The van der Waals surface area contributed by atoms with Crippen molar-refractivity contribution in [3.05, 3.63) is 109 Å². The van der Waals surface area contributed by atoms with Crippen molar-refractivity contribution in [2.24, 2.45) is 17.6 Å². The molecule has 2 N–H and O–H groups in total. The van der Waals surface area contributed by atoms with E-state index in [9.17, 15) is 0 Å². The molecule has 33 heavy (non-hydrogen) atoms. The third kappa shape index (κ3) is 7.96. The monoisotopic (exact) mass is 444 g/mol. The van der Waals surface area contributed by atoms with Gasteiger partial charge >= 0.3 is 0 Å². The lowest BCUT2D eigenvalue weighted by Crippen LogP contribution is -2.34. The average Bonchev–Trinajstić information content (AvgIpc) is 3.26. The molecule has 2 aliphatic rings. The molecule has 0 bridgehead atoms. The quantitative estimate of drug-likeness (QED) is 0.310. The van der Waals surface area contributed by atoms with Crippen LogP contribution in [-0.2, 0) is 0 Å². The average molecular weight is 445 g/mol. The van der Waals surface area contributed by atoms with Crippen LogP contribution in [0.4, 0.5) is 0 Å². The summed E-state index contributed by atoms with van der Waals surface area (Å²) in [7, 11) is 0. The Labute approximate surface area is 203 Å². The van der Waals surface area contributed by atoms with Crippen LogP contribution in [0.3, 0.4) is 0 Å². The van der Waals surface area contributed by atoms with Crippen molar-refractivity contribution in [2.75, 3.05) is 6.54 Å². The van der Waals surface area contributed by atoms with Gasteiger partial charge in [-0.05, 0) is 74.3 Å². The predicted octanol–water partition coefficient (Wildman–Crippen LogP) is 7.94. The Kier molecular flexibility index (Phi) is 11.0. The van der Waals surface area contributed by atoms with Gasteiger partial charge in [-0.2, -0.15) is 0 Å². The molecule has 1 saturated carbocycles. The van der Waals surface area contributed by atoms with Crippen LogP contribution in [0.25, 0.3) is 0 Å². The summed E-state index contributed by atoms with van der Waals surface area (Å²) < 4.78 is 0. The highest BCUT2D eigenvalue weighted by Gasteiger charge is 2.32. The van der Waals surface area contributed by atoms with Crippen molar-refractivity contribution in [1.82, 2.24) is 4.90 Å². The number of nitrogens with two attached hydrogens (primary N) is 1. The molecule has 2 atom stereocenters. The molecular weight excluding hydrogens is 400 g/mol. The zero-order chi connectivity index (χ0) is 24.2. The molecule has 2 fully saturated rings. The van der Waals surface area contributed by atoms with Crippen molar-refractivity contribution in [2.45, 2.75) is 65.3 Å². The molecule has 0 aromatic heterocycles. The van der Waals surface area contributed by atoms with Crippen molar-refractivity contribution in [3.8, 4) is 0 Å². The highest BCUT2D eigenvalue weighted by molar-refractivity contribution is 5.41. The lowest BCUT2D eigenvalue weighted by Gasteiger charge is -2.37. The van der Waals surface area contributed by atoms with Crippen molar-refractivity contribution >= 4 is 0 Å². The van der Waals surface area contributed by atoms with Gasteiger partial charge in [0.2, 0.25) is 0 Å². The molecule has 1 aliphatic heterocycles. The SMILES string of the molecule is C=C\C(=C/C=C(C)/C=C/C(/C=C\C(=C)[C@H](C)CC)=C/C=C/N)C1CCCN1C(=C)C1CCC1. The first-order valence-corrected chi connectivity index (χ1v) is 12.5. The van der Waals surface area contributed by atoms with Crippen LogP contribution in [0.5, 0.6) is 0 Å². The molecule has 0 amide bonds. The molecule has 1 heterocycles. The Morgan fingerprint density at radius 2 is 1.76 bits per heavy atom. The van der Waals surface area contributed by atoms with E-state index in [-0.39, 0.29) is 0 Å². The summed E-state index contributed by atoms with van der Waals surface area (Å²) >= 11 is 0. The number of rotatable bonds is 12. The minimum atomic E-state index is 0.406. The zero-order valence-electron chi connectivity index (χ0n) is 21.1. The number of nitrogens with zero attached hydrogens (tertiary/aromatic N) is 1. The van der Waals surface area contributed by atoms with Gasteiger partial charge in [0.05, 0.1) is 6.04 Å². The van der Waals surface area contributed by atoms with E-state index in [0.29, 0.717) is 17.9 Å². The topological polar surface area (TPSA) is 29.3 Å². The third-order valence-corrected chi connectivity index (χ3v) is 7.03. The summed E-state index contributed by atoms with van der Waals surface area (Å²) in [5.74, 6) is 1.17. The van der Waals surface area contributed by atoms with Crippen LogP contribution < -0.4 is 5.73 Å². The molecule has 0 spiro atoms. The highest BCUT2D eigenvalue weighted by atomic mass is 15.2. The van der Waals surface area contributed by atoms with Gasteiger partial charge in [0.15, 0.2) is 0 Å². The number of allylic oxidation sites excluding steroid dienone is 12. The van der Waals surface area contributed by atoms with E-state index in [1.54, 1.807) is 6.20 Å². The maximum atomic E-state index is 5.55. The Bertz CT molecular complexity index is 871. The van der Waals surface area contributed by atoms with Crippen LogP contribution in [-0.4, -0.2) is 17.5 Å². The second-order valence-electron chi connectivity index (χ2n) is 9.35. The van der Waals surface area contributed by atoms with Gasteiger partial charge < -0.3 is 10.6 Å². The van der Waals surface area contributed by atoms with Gasteiger partial charge in [-0.25, -0.2) is 0 Å². The van der Waals surface area contributed by atoms with Gasteiger partial charge in [0.1, 0.15) is 0 Å². The number of hydrogen-bond donors (Lipinski definition) is 1. The summed E-state index contributed by atoms with van der Waals surface area (Å²) in [6.45, 7) is 20.4. The molecule has 1 aliphatic carbocycles. The maximum absolute atomic E-state index is 5.55. The van der Waals surface area contributed by atoms with Crippen LogP contribution >= 0.6 is 0 Å². The van der Waals surface area contributed by atoms with Gasteiger partial charge in [-0.3, -0.25) is 0 Å². The summed E-state index contributed by atoms with van der Waals surface area (Å²) in [4.78, 5) is 2.53. The Morgan fingerprint density at radius 1 is 1.03 bits per heavy atom. The fourth-order valence-electron chi connectivity index (χ4n) is 4.22. The van der Waals surface area contributed by atoms with Crippen molar-refractivity contribution in [1.29, 1.82) is 0 Å². The van der Waals surface area contributed by atoms with E-state index in [4.69, 9.17) is 5.73 Å². The van der Waals surface area contributed by atoms with Crippen molar-refractivity contribution in [3.63, 3.8) is 0 Å². The standard InChI is InChI=1S/C31H44N2/c1-7-25(4)26(5)18-20-28(12-10-22-32)19-16-24(3)17-21-29(8-2)31-15-11-23-33(31)27(6)30-13-9-14-30/h8,10,12,16-22,25,30-31H,2,5-7,9,11,13-15,23,32H2,1,3-4H3/b19-16+,20-18-,22-10+,24-17+,28-12-,29-21+/t25-,31?/m1/s1. The molecule has 2 rings (SSSR count). The van der Waals surface area contributed by atoms with E-state index in [2.05, 4.69) is 81.9 Å². The highest BCUT2D eigenvalue weighted by Crippen LogP contribution is 2.38. The predicted molar refractivity (Wildman–Crippen MR) is 147 cm³/mol. The number of likely N-dealkylation sites (tertiary alicyclic amines) is 1. The number of hydrogen-bond acceptors (Lipinski definition) is 2. The van der Waals surface area contributed by atoms with Gasteiger partial charge in [0.25, 0.3) is 0 Å². The molecule has 2 heteroatoms. The summed E-state index contributed by atoms with van der Waals surface area (Å²) in [5.41, 5.74) is 11.6. The first-order chi connectivity index (χ1) is 15.9. The lowest BCUT2D eigenvalue weighted by atomic mass is 9.82. The summed E-state index contributed by atoms with van der Waals surface area (Å²) in [6, 6.07) is 0.406. The van der Waals surface area contributed by atoms with Gasteiger partial charge in [-0.1, -0.05) is 99.8 Å². The normalized spacial score (nSPS) is 21.8. The van der Waals surface area contributed by atoms with Crippen LogP contribution in [0.15, 0.2) is 109 Å². The zero-order valence-corrected chi connectivity index (χ0v) is 21.1. The third-order valence-electron chi connectivity index (χ3n) is 7.03. The lowest BCUT2D eigenvalue weighted by molar-refractivity contribution is 0.250. The molecule has 0 aromatic carbocycles. The van der Waals surface area contributed by atoms with Gasteiger partial charge in [-0.15, -0.1) is 0 Å². The van der Waals surface area contributed by atoms with E-state index in [1.807, 2.05) is 18.2 Å². The second-order valence-corrected chi connectivity index (χ2v) is 9.35. The summed E-state index contributed by atoms with van der Waals surface area (Å²) in [5, 5.41) is 0.